The van der Waals surface area contributed by atoms with Gasteiger partial charge in [0.25, 0.3) is 5.91 Å². The molecular weight excluding hydrogens is 332 g/mol. The van der Waals surface area contributed by atoms with Crippen LogP contribution in [0.2, 0.25) is 0 Å². The highest BCUT2D eigenvalue weighted by molar-refractivity contribution is 9.10. The molecule has 2 aromatic carbocycles. The zero-order valence-corrected chi connectivity index (χ0v) is 13.3. The van der Waals surface area contributed by atoms with Gasteiger partial charge in [-0.15, -0.1) is 0 Å². The van der Waals surface area contributed by atoms with Crippen LogP contribution in [0.15, 0.2) is 40.9 Å². The summed E-state index contributed by atoms with van der Waals surface area (Å²) in [5.41, 5.74) is 8.65. The first kappa shape index (κ1) is 15.3. The van der Waals surface area contributed by atoms with Gasteiger partial charge >= 0.3 is 0 Å². The van der Waals surface area contributed by atoms with Crippen molar-refractivity contribution >= 4 is 33.4 Å². The Balaban J connectivity index is 2.25. The van der Waals surface area contributed by atoms with Crippen molar-refractivity contribution < 1.29 is 9.59 Å². The Labute approximate surface area is 131 Å². The lowest BCUT2D eigenvalue weighted by atomic mass is 10.1. The number of aryl methyl sites for hydroxylation is 2. The molecule has 0 bridgehead atoms. The van der Waals surface area contributed by atoms with Gasteiger partial charge in [0.05, 0.1) is 0 Å². The van der Waals surface area contributed by atoms with Crippen molar-refractivity contribution in [3.8, 4) is 0 Å². The summed E-state index contributed by atoms with van der Waals surface area (Å²) in [5, 5.41) is 2.84. The van der Waals surface area contributed by atoms with E-state index in [9.17, 15) is 9.59 Å². The number of hydrogen-bond acceptors (Lipinski definition) is 2. The Hall–Kier alpha value is -2.14. The van der Waals surface area contributed by atoms with E-state index in [-0.39, 0.29) is 5.91 Å². The molecule has 4 nitrogen and oxygen atoms in total. The van der Waals surface area contributed by atoms with Crippen molar-refractivity contribution in [1.29, 1.82) is 0 Å². The minimum Gasteiger partial charge on any atom is -0.366 e. The van der Waals surface area contributed by atoms with Crippen molar-refractivity contribution in [2.45, 2.75) is 13.8 Å². The minimum atomic E-state index is -0.487. The molecule has 2 rings (SSSR count). The summed E-state index contributed by atoms with van der Waals surface area (Å²) < 4.78 is 0.855. The summed E-state index contributed by atoms with van der Waals surface area (Å²) >= 11 is 3.38. The van der Waals surface area contributed by atoms with Gasteiger partial charge in [-0.3, -0.25) is 9.59 Å². The predicted octanol–water partition coefficient (Wildman–Crippen LogP) is 3.42. The Morgan fingerprint density at radius 1 is 1.05 bits per heavy atom. The van der Waals surface area contributed by atoms with Crippen LogP contribution in [0.3, 0.4) is 0 Å². The van der Waals surface area contributed by atoms with E-state index in [1.165, 1.54) is 0 Å². The third-order valence-electron chi connectivity index (χ3n) is 3.06. The lowest BCUT2D eigenvalue weighted by molar-refractivity contribution is 0.0998. The van der Waals surface area contributed by atoms with Crippen LogP contribution in [0.5, 0.6) is 0 Å². The number of carbonyl (C=O) groups excluding carboxylic acids is 2. The van der Waals surface area contributed by atoms with E-state index < -0.39 is 5.91 Å². The molecule has 5 heteroatoms. The van der Waals surface area contributed by atoms with Crippen LogP contribution >= 0.6 is 15.9 Å². The number of carbonyl (C=O) groups is 2. The van der Waals surface area contributed by atoms with Crippen molar-refractivity contribution in [2.24, 2.45) is 5.73 Å². The maximum atomic E-state index is 12.3. The lowest BCUT2D eigenvalue weighted by Gasteiger charge is -2.10. The molecular formula is C16H15BrN2O2. The van der Waals surface area contributed by atoms with Gasteiger partial charge in [0.1, 0.15) is 0 Å². The van der Waals surface area contributed by atoms with Gasteiger partial charge in [-0.1, -0.05) is 15.9 Å². The van der Waals surface area contributed by atoms with Crippen LogP contribution in [0.1, 0.15) is 31.8 Å². The van der Waals surface area contributed by atoms with Crippen LogP contribution in [0, 0.1) is 13.8 Å². The monoisotopic (exact) mass is 346 g/mol. The van der Waals surface area contributed by atoms with Gasteiger partial charge < -0.3 is 11.1 Å². The molecule has 0 saturated carbocycles. The van der Waals surface area contributed by atoms with Crippen LogP contribution < -0.4 is 11.1 Å². The maximum Gasteiger partial charge on any atom is 0.255 e. The molecule has 0 aliphatic rings. The second kappa shape index (κ2) is 6.10. The van der Waals surface area contributed by atoms with Gasteiger partial charge in [0.15, 0.2) is 0 Å². The molecule has 0 radical (unpaired) electrons. The number of nitrogens with two attached hydrogens (primary N) is 1. The maximum absolute atomic E-state index is 12.3. The van der Waals surface area contributed by atoms with E-state index in [0.717, 1.165) is 15.6 Å². The third-order valence-corrected chi connectivity index (χ3v) is 3.52. The zero-order chi connectivity index (χ0) is 15.6. The molecule has 0 aromatic heterocycles. The highest BCUT2D eigenvalue weighted by atomic mass is 79.9. The first-order chi connectivity index (χ1) is 9.86. The van der Waals surface area contributed by atoms with E-state index >= 15 is 0 Å². The summed E-state index contributed by atoms with van der Waals surface area (Å²) in [4.78, 5) is 23.4. The van der Waals surface area contributed by atoms with E-state index in [1.54, 1.807) is 24.3 Å². The second-order valence-corrected chi connectivity index (χ2v) is 5.78. The summed E-state index contributed by atoms with van der Waals surface area (Å²) in [7, 11) is 0. The van der Waals surface area contributed by atoms with Gasteiger partial charge in [-0.25, -0.2) is 0 Å². The normalized spacial score (nSPS) is 10.2. The van der Waals surface area contributed by atoms with Crippen LogP contribution in [-0.2, 0) is 0 Å². The Kier molecular flexibility index (Phi) is 4.43. The molecule has 21 heavy (non-hydrogen) atoms. The number of benzene rings is 2. The highest BCUT2D eigenvalue weighted by Crippen LogP contribution is 2.20. The quantitative estimate of drug-likeness (QED) is 0.893. The highest BCUT2D eigenvalue weighted by Gasteiger charge is 2.10. The molecule has 0 heterocycles. The average molecular weight is 347 g/mol. The average Bonchev–Trinajstić information content (AvgIpc) is 2.39. The van der Waals surface area contributed by atoms with E-state index in [0.29, 0.717) is 16.8 Å². The van der Waals surface area contributed by atoms with Gasteiger partial charge in [-0.05, 0) is 61.4 Å². The Bertz CT molecular complexity index is 706. The number of primary amides is 1. The molecule has 0 aliphatic heterocycles. The topological polar surface area (TPSA) is 72.2 Å². The molecule has 0 fully saturated rings. The molecule has 0 atom stereocenters. The largest absolute Gasteiger partial charge is 0.366 e. The predicted molar refractivity (Wildman–Crippen MR) is 86.5 cm³/mol. The minimum absolute atomic E-state index is 0.200. The zero-order valence-electron chi connectivity index (χ0n) is 11.7. The van der Waals surface area contributed by atoms with Gasteiger partial charge in [0, 0.05) is 21.3 Å². The molecule has 0 spiro atoms. The summed E-state index contributed by atoms with van der Waals surface area (Å²) in [6, 6.07) is 10.4. The van der Waals surface area contributed by atoms with Gasteiger partial charge in [-0.2, -0.15) is 0 Å². The molecule has 3 N–H and O–H groups in total. The first-order valence-corrected chi connectivity index (χ1v) is 7.15. The summed E-state index contributed by atoms with van der Waals surface area (Å²) in [5.74, 6) is -0.687. The lowest BCUT2D eigenvalue weighted by Crippen LogP contribution is -2.15. The van der Waals surface area contributed by atoms with Crippen LogP contribution in [-0.4, -0.2) is 11.8 Å². The molecule has 2 aromatic rings. The van der Waals surface area contributed by atoms with Crippen molar-refractivity contribution in [1.82, 2.24) is 0 Å². The molecule has 0 saturated heterocycles. The fourth-order valence-corrected chi connectivity index (χ4v) is 2.63. The fourth-order valence-electron chi connectivity index (χ4n) is 2.02. The van der Waals surface area contributed by atoms with E-state index in [2.05, 4.69) is 21.2 Å². The van der Waals surface area contributed by atoms with Crippen LogP contribution in [0.25, 0.3) is 0 Å². The van der Waals surface area contributed by atoms with E-state index in [4.69, 9.17) is 5.73 Å². The summed E-state index contributed by atoms with van der Waals surface area (Å²) in [6.07, 6.45) is 0. The van der Waals surface area contributed by atoms with E-state index in [1.807, 2.05) is 26.0 Å². The third kappa shape index (κ3) is 3.70. The number of nitrogens with one attached hydrogen (secondary N) is 1. The Morgan fingerprint density at radius 3 is 2.33 bits per heavy atom. The second-order valence-electron chi connectivity index (χ2n) is 4.87. The van der Waals surface area contributed by atoms with Crippen molar-refractivity contribution in [3.05, 3.63) is 63.1 Å². The molecule has 2 amide bonds. The SMILES string of the molecule is Cc1cc(Br)cc(C(=O)Nc2ccc(C(N)=O)cc2C)c1. The fraction of sp³-hybridized carbons (Fsp3) is 0.125. The smallest absolute Gasteiger partial charge is 0.255 e. The van der Waals surface area contributed by atoms with Crippen LogP contribution in [0.4, 0.5) is 5.69 Å². The Morgan fingerprint density at radius 2 is 1.76 bits per heavy atom. The number of hydrogen-bond donors (Lipinski definition) is 2. The van der Waals surface area contributed by atoms with Crippen molar-refractivity contribution in [2.75, 3.05) is 5.32 Å². The molecule has 0 unspecified atom stereocenters. The number of anilines is 1. The standard InChI is InChI=1S/C16H15BrN2O2/c1-9-5-12(8-13(17)6-9)16(21)19-14-4-3-11(15(18)20)7-10(14)2/h3-8H,1-2H3,(H2,18,20)(H,19,21). The van der Waals surface area contributed by atoms with Gasteiger partial charge in [0.2, 0.25) is 5.91 Å². The summed E-state index contributed by atoms with van der Waals surface area (Å²) in [6.45, 7) is 3.74. The first-order valence-electron chi connectivity index (χ1n) is 6.36. The molecule has 0 aliphatic carbocycles. The molecule has 108 valence electrons. The number of halogens is 1. The number of amides is 2. The van der Waals surface area contributed by atoms with Crippen molar-refractivity contribution in [3.63, 3.8) is 0 Å². The number of rotatable bonds is 3.